The van der Waals surface area contributed by atoms with Crippen molar-refractivity contribution in [3.8, 4) is 0 Å². The largest absolute Gasteiger partial charge is 0.470 e. The molecule has 0 saturated carbocycles. The van der Waals surface area contributed by atoms with Crippen LogP contribution in [0.25, 0.3) is 0 Å². The van der Waals surface area contributed by atoms with Gasteiger partial charge in [-0.25, -0.2) is 4.57 Å². The van der Waals surface area contributed by atoms with Gasteiger partial charge >= 0.3 is 7.82 Å². The third-order valence-corrected chi connectivity index (χ3v) is 1.18. The highest BCUT2D eigenvalue weighted by Crippen LogP contribution is 2.40. The van der Waals surface area contributed by atoms with Crippen LogP contribution < -0.4 is 0 Å². The van der Waals surface area contributed by atoms with Crippen LogP contribution in [0.1, 0.15) is 20.8 Å². The maximum absolute atomic E-state index is 10.1. The Morgan fingerprint density at radius 1 is 1.33 bits per heavy atom. The topological polar surface area (TPSA) is 66.8 Å². The van der Waals surface area contributed by atoms with Gasteiger partial charge in [0, 0.05) is 0 Å². The van der Waals surface area contributed by atoms with E-state index in [-0.39, 0.29) is 0 Å². The van der Waals surface area contributed by atoms with Gasteiger partial charge in [0.25, 0.3) is 0 Å². The van der Waals surface area contributed by atoms with Crippen molar-refractivity contribution in [1.82, 2.24) is 0 Å². The Labute approximate surface area is 54.1 Å². The zero-order valence-electron chi connectivity index (χ0n) is 5.66. The summed E-state index contributed by atoms with van der Waals surface area (Å²) >= 11 is 0. The van der Waals surface area contributed by atoms with E-state index in [0.717, 1.165) is 0 Å². The van der Waals surface area contributed by atoms with Gasteiger partial charge in [-0.3, -0.25) is 4.52 Å². The van der Waals surface area contributed by atoms with Crippen LogP contribution in [0.2, 0.25) is 0 Å². The van der Waals surface area contributed by atoms with E-state index in [1.54, 1.807) is 20.8 Å². The Balaban J connectivity index is 3.90. The van der Waals surface area contributed by atoms with Gasteiger partial charge in [-0.1, -0.05) is 0 Å². The standard InChI is InChI=1S/C4H11O4P/c1-4(2,3)8-9(5,6)7/h1-3H3,(H2,5,6,7). The van der Waals surface area contributed by atoms with E-state index in [1.807, 2.05) is 0 Å². The Kier molecular flexibility index (Phi) is 2.41. The summed E-state index contributed by atoms with van der Waals surface area (Å²) in [5.41, 5.74) is -0.779. The molecule has 0 aliphatic carbocycles. The van der Waals surface area contributed by atoms with E-state index >= 15 is 0 Å². The third-order valence-electron chi connectivity index (χ3n) is 0.393. The van der Waals surface area contributed by atoms with Crippen LogP contribution in [0.3, 0.4) is 0 Å². The van der Waals surface area contributed by atoms with Crippen molar-refractivity contribution in [2.75, 3.05) is 0 Å². The molecule has 56 valence electrons. The van der Waals surface area contributed by atoms with Gasteiger partial charge in [-0.05, 0) is 20.8 Å². The zero-order valence-corrected chi connectivity index (χ0v) is 6.55. The molecule has 5 heteroatoms. The van der Waals surface area contributed by atoms with E-state index in [4.69, 9.17) is 9.79 Å². The summed E-state index contributed by atoms with van der Waals surface area (Å²) < 4.78 is 14.4. The van der Waals surface area contributed by atoms with Crippen molar-refractivity contribution in [3.05, 3.63) is 0 Å². The maximum Gasteiger partial charge on any atom is 0.470 e. The fourth-order valence-corrected chi connectivity index (χ4v) is 1.07. The lowest BCUT2D eigenvalue weighted by molar-refractivity contribution is 0.0810. The minimum Gasteiger partial charge on any atom is -0.303 e. The van der Waals surface area contributed by atoms with Crippen LogP contribution in [0.4, 0.5) is 0 Å². The second kappa shape index (κ2) is 2.39. The number of phosphoric acid groups is 1. The van der Waals surface area contributed by atoms with Crippen LogP contribution in [0, 0.1) is 0 Å². The zero-order chi connectivity index (χ0) is 7.71. The summed E-state index contributed by atoms with van der Waals surface area (Å²) in [7, 11) is -4.29. The highest BCUT2D eigenvalue weighted by molar-refractivity contribution is 7.46. The summed E-state index contributed by atoms with van der Waals surface area (Å²) in [5, 5.41) is 0. The first-order valence-corrected chi connectivity index (χ1v) is 4.00. The molecule has 0 amide bonds. The fourth-order valence-electron chi connectivity index (χ4n) is 0.357. The Bertz CT molecular complexity index is 130. The van der Waals surface area contributed by atoms with E-state index in [9.17, 15) is 4.57 Å². The minimum absolute atomic E-state index is 0.779. The van der Waals surface area contributed by atoms with Crippen LogP contribution >= 0.6 is 7.82 Å². The van der Waals surface area contributed by atoms with E-state index < -0.39 is 13.4 Å². The summed E-state index contributed by atoms with van der Waals surface area (Å²) in [4.78, 5) is 16.5. The number of phosphoric ester groups is 1. The van der Waals surface area contributed by atoms with Gasteiger partial charge in [-0.15, -0.1) is 0 Å². The van der Waals surface area contributed by atoms with E-state index in [2.05, 4.69) is 4.52 Å². The first kappa shape index (κ1) is 9.11. The molecule has 0 aromatic rings. The minimum atomic E-state index is -4.29. The molecule has 2 N–H and O–H groups in total. The molecule has 9 heavy (non-hydrogen) atoms. The number of hydrogen-bond acceptors (Lipinski definition) is 2. The monoisotopic (exact) mass is 154 g/mol. The Morgan fingerprint density at radius 2 is 1.67 bits per heavy atom. The molecular weight excluding hydrogens is 143 g/mol. The van der Waals surface area contributed by atoms with Gasteiger partial charge in [0.15, 0.2) is 0 Å². The molecule has 0 aliphatic heterocycles. The molecule has 0 bridgehead atoms. The summed E-state index contributed by atoms with van der Waals surface area (Å²) in [6, 6.07) is 0. The van der Waals surface area contributed by atoms with Crippen molar-refractivity contribution in [2.24, 2.45) is 0 Å². The molecule has 0 rings (SSSR count). The summed E-state index contributed by atoms with van der Waals surface area (Å²) in [6.07, 6.45) is 0. The number of rotatable bonds is 1. The van der Waals surface area contributed by atoms with Crippen molar-refractivity contribution < 1.29 is 18.9 Å². The second-order valence-electron chi connectivity index (χ2n) is 2.69. The first-order chi connectivity index (χ1) is 3.71. The van der Waals surface area contributed by atoms with Crippen molar-refractivity contribution in [1.29, 1.82) is 0 Å². The van der Waals surface area contributed by atoms with E-state index in [0.29, 0.717) is 0 Å². The predicted molar refractivity (Wildman–Crippen MR) is 32.9 cm³/mol. The quantitative estimate of drug-likeness (QED) is 0.550. The molecule has 0 aromatic carbocycles. The average molecular weight is 154 g/mol. The lowest BCUT2D eigenvalue weighted by atomic mass is 10.2. The van der Waals surface area contributed by atoms with Gasteiger partial charge < -0.3 is 9.79 Å². The average Bonchev–Trinajstić information content (AvgIpc) is 1.14. The van der Waals surface area contributed by atoms with Gasteiger partial charge in [-0.2, -0.15) is 0 Å². The van der Waals surface area contributed by atoms with Crippen LogP contribution in [0.5, 0.6) is 0 Å². The molecule has 0 atom stereocenters. The van der Waals surface area contributed by atoms with Crippen molar-refractivity contribution in [3.63, 3.8) is 0 Å². The molecule has 0 radical (unpaired) electrons. The normalized spacial score (nSPS) is 13.9. The van der Waals surface area contributed by atoms with Crippen molar-refractivity contribution in [2.45, 2.75) is 26.4 Å². The fraction of sp³-hybridized carbons (Fsp3) is 1.00. The summed E-state index contributed by atoms with van der Waals surface area (Å²) in [6.45, 7) is 4.73. The molecule has 4 nitrogen and oxygen atoms in total. The lowest BCUT2D eigenvalue weighted by Gasteiger charge is -2.18. The molecule has 0 aromatic heterocycles. The molecule has 0 heterocycles. The molecule has 0 spiro atoms. The SMILES string of the molecule is CC(C)(C)OP(=O)(O)O. The van der Waals surface area contributed by atoms with Gasteiger partial charge in [0.05, 0.1) is 5.60 Å². The molecule has 0 unspecified atom stereocenters. The molecule has 0 fully saturated rings. The highest BCUT2D eigenvalue weighted by Gasteiger charge is 2.23. The Hall–Kier alpha value is 0.110. The predicted octanol–water partition coefficient (Wildman–Crippen LogP) is 0.894. The third kappa shape index (κ3) is 8.11. The number of hydrogen-bond donors (Lipinski definition) is 2. The van der Waals surface area contributed by atoms with Gasteiger partial charge in [0.2, 0.25) is 0 Å². The Morgan fingerprint density at radius 3 is 1.67 bits per heavy atom. The van der Waals surface area contributed by atoms with E-state index in [1.165, 1.54) is 0 Å². The highest BCUT2D eigenvalue weighted by atomic mass is 31.2. The first-order valence-electron chi connectivity index (χ1n) is 2.47. The lowest BCUT2D eigenvalue weighted by Crippen LogP contribution is -2.16. The van der Waals surface area contributed by atoms with Crippen molar-refractivity contribution >= 4 is 7.82 Å². The molecule has 0 saturated heterocycles. The van der Waals surface area contributed by atoms with Crippen LogP contribution in [-0.2, 0) is 9.09 Å². The smallest absolute Gasteiger partial charge is 0.303 e. The second-order valence-corrected chi connectivity index (χ2v) is 3.86. The maximum atomic E-state index is 10.1. The van der Waals surface area contributed by atoms with Crippen LogP contribution in [-0.4, -0.2) is 15.4 Å². The summed E-state index contributed by atoms with van der Waals surface area (Å²) in [5.74, 6) is 0. The van der Waals surface area contributed by atoms with Crippen LogP contribution in [0.15, 0.2) is 0 Å². The molecular formula is C4H11O4P. The molecule has 0 aliphatic rings. The van der Waals surface area contributed by atoms with Gasteiger partial charge in [0.1, 0.15) is 0 Å².